The summed E-state index contributed by atoms with van der Waals surface area (Å²) in [4.78, 5) is 32.6. The Morgan fingerprint density at radius 3 is 2.83 bits per heavy atom. The number of pyridine rings is 2. The van der Waals surface area contributed by atoms with Crippen molar-refractivity contribution in [2.75, 3.05) is 18.8 Å². The van der Waals surface area contributed by atoms with Crippen molar-refractivity contribution >= 4 is 34.7 Å². The number of fused-ring (bicyclic) bond motifs is 1. The van der Waals surface area contributed by atoms with Gasteiger partial charge in [-0.05, 0) is 48.9 Å². The normalized spacial score (nSPS) is 13.3. The summed E-state index contributed by atoms with van der Waals surface area (Å²) < 4.78 is 0. The van der Waals surface area contributed by atoms with Crippen LogP contribution in [0, 0.1) is 6.92 Å². The third kappa shape index (κ3) is 4.29. The van der Waals surface area contributed by atoms with Crippen LogP contribution in [0.25, 0.3) is 10.9 Å². The van der Waals surface area contributed by atoms with E-state index in [1.165, 1.54) is 0 Å². The molecule has 0 saturated carbocycles. The van der Waals surface area contributed by atoms with E-state index in [4.69, 9.17) is 5.73 Å². The van der Waals surface area contributed by atoms with Crippen LogP contribution in [0.4, 0.5) is 5.82 Å². The van der Waals surface area contributed by atoms with Gasteiger partial charge in [-0.25, -0.2) is 9.98 Å². The van der Waals surface area contributed by atoms with Crippen molar-refractivity contribution in [1.29, 1.82) is 0 Å². The van der Waals surface area contributed by atoms with Gasteiger partial charge >= 0.3 is 0 Å². The van der Waals surface area contributed by atoms with Crippen LogP contribution in [0.15, 0.2) is 58.6 Å². The fraction of sp³-hybridized carbons (Fsp3) is 0.227. The number of nitrogen functional groups attached to an aromatic ring is 1. The van der Waals surface area contributed by atoms with Gasteiger partial charge in [-0.2, -0.15) is 0 Å². The Balaban J connectivity index is 1.66. The zero-order chi connectivity index (χ0) is 20.2. The average Bonchev–Trinajstić information content (AvgIpc) is 2.75. The molecule has 1 aliphatic rings. The summed E-state index contributed by atoms with van der Waals surface area (Å²) >= 11 is 0. The van der Waals surface area contributed by atoms with Gasteiger partial charge in [0.15, 0.2) is 0 Å². The van der Waals surface area contributed by atoms with Crippen molar-refractivity contribution in [2.45, 2.75) is 19.9 Å². The molecule has 0 aliphatic carbocycles. The number of hydrogen-bond donors (Lipinski definition) is 1. The Morgan fingerprint density at radius 1 is 1.17 bits per heavy atom. The van der Waals surface area contributed by atoms with Crippen LogP contribution in [0.2, 0.25) is 0 Å². The molecule has 1 aromatic carbocycles. The zero-order valence-electron chi connectivity index (χ0n) is 16.2. The van der Waals surface area contributed by atoms with E-state index in [-0.39, 0.29) is 5.91 Å². The van der Waals surface area contributed by atoms with Crippen LogP contribution in [0.5, 0.6) is 0 Å². The van der Waals surface area contributed by atoms with Gasteiger partial charge in [-0.15, -0.1) is 0 Å². The number of nitrogens with zero attached hydrogens (tertiary/aromatic N) is 5. The predicted octanol–water partition coefficient (Wildman–Crippen LogP) is 3.04. The molecular weight excluding hydrogens is 364 g/mol. The minimum absolute atomic E-state index is 0.101. The number of benzene rings is 1. The number of carbonyl (C=O) groups excluding carboxylic acids is 1. The number of aliphatic imine (C=N–C) groups is 2. The first kappa shape index (κ1) is 18.7. The Hall–Kier alpha value is -3.61. The molecule has 0 radical (unpaired) electrons. The highest BCUT2D eigenvalue weighted by atomic mass is 16.2. The number of carbonyl (C=O) groups is 1. The zero-order valence-corrected chi connectivity index (χ0v) is 16.2. The van der Waals surface area contributed by atoms with E-state index >= 15 is 0 Å². The van der Waals surface area contributed by atoms with E-state index in [0.717, 1.165) is 28.6 Å². The highest BCUT2D eigenvalue weighted by Gasteiger charge is 2.20. The molecule has 0 bridgehead atoms. The van der Waals surface area contributed by atoms with E-state index in [1.54, 1.807) is 17.2 Å². The first-order valence-electron chi connectivity index (χ1n) is 9.52. The molecule has 7 nitrogen and oxygen atoms in total. The number of aromatic nitrogens is 2. The second-order valence-corrected chi connectivity index (χ2v) is 6.98. The molecule has 0 unspecified atom stereocenters. The Labute approximate surface area is 169 Å². The molecule has 1 aliphatic heterocycles. The molecule has 3 aromatic rings. The molecule has 146 valence electrons. The van der Waals surface area contributed by atoms with Gasteiger partial charge in [-0.3, -0.25) is 14.8 Å². The third-order valence-electron chi connectivity index (χ3n) is 4.78. The van der Waals surface area contributed by atoms with E-state index in [2.05, 4.69) is 20.0 Å². The van der Waals surface area contributed by atoms with Gasteiger partial charge in [0.2, 0.25) is 0 Å². The van der Waals surface area contributed by atoms with Gasteiger partial charge in [0.1, 0.15) is 11.7 Å². The molecule has 29 heavy (non-hydrogen) atoms. The van der Waals surface area contributed by atoms with Gasteiger partial charge < -0.3 is 10.6 Å². The van der Waals surface area contributed by atoms with E-state index in [9.17, 15) is 4.79 Å². The number of amidine groups is 1. The Bertz CT molecular complexity index is 1110. The monoisotopic (exact) mass is 386 g/mol. The molecule has 0 saturated heterocycles. The van der Waals surface area contributed by atoms with Crippen LogP contribution in [0.3, 0.4) is 0 Å². The summed E-state index contributed by atoms with van der Waals surface area (Å²) in [5.41, 5.74) is 8.95. The van der Waals surface area contributed by atoms with Crippen molar-refractivity contribution in [3.8, 4) is 0 Å². The molecule has 2 aromatic heterocycles. The summed E-state index contributed by atoms with van der Waals surface area (Å²) in [5.74, 6) is 1.06. The lowest BCUT2D eigenvalue weighted by Gasteiger charge is -2.23. The maximum absolute atomic E-state index is 13.4. The van der Waals surface area contributed by atoms with Crippen LogP contribution in [-0.2, 0) is 6.54 Å². The van der Waals surface area contributed by atoms with Crippen LogP contribution < -0.4 is 5.73 Å². The first-order chi connectivity index (χ1) is 14.1. The lowest BCUT2D eigenvalue weighted by Crippen LogP contribution is -2.35. The maximum atomic E-state index is 13.4. The fourth-order valence-electron chi connectivity index (χ4n) is 3.22. The predicted molar refractivity (Wildman–Crippen MR) is 115 cm³/mol. The van der Waals surface area contributed by atoms with Gasteiger partial charge in [0, 0.05) is 36.3 Å². The molecule has 7 heteroatoms. The molecular formula is C22H22N6O. The van der Waals surface area contributed by atoms with Crippen molar-refractivity contribution in [1.82, 2.24) is 14.9 Å². The van der Waals surface area contributed by atoms with Crippen molar-refractivity contribution in [2.24, 2.45) is 9.98 Å². The Kier molecular flexibility index (Phi) is 5.29. The summed E-state index contributed by atoms with van der Waals surface area (Å²) in [7, 11) is 0. The molecule has 3 heterocycles. The standard InChI is InChI=1S/C22H22N6O/c1-15-11-17-12-16(6-7-19(17)27-21(15)23)22(29)28(13-18-5-2-3-8-24-18)14-20-25-9-4-10-26-20/h2-3,5-9,11-12H,4,10,13-14H2,1H3,(H2,23,27). The number of nitrogens with two attached hydrogens (primary N) is 1. The van der Waals surface area contributed by atoms with Crippen molar-refractivity contribution in [3.05, 3.63) is 65.5 Å². The molecule has 0 atom stereocenters. The Morgan fingerprint density at radius 2 is 2.07 bits per heavy atom. The van der Waals surface area contributed by atoms with Gasteiger partial charge in [0.05, 0.1) is 24.3 Å². The summed E-state index contributed by atoms with van der Waals surface area (Å²) in [6.07, 6.45) is 4.40. The number of rotatable bonds is 5. The summed E-state index contributed by atoms with van der Waals surface area (Å²) in [6.45, 7) is 3.32. The van der Waals surface area contributed by atoms with E-state index in [0.29, 0.717) is 36.9 Å². The fourth-order valence-corrected chi connectivity index (χ4v) is 3.22. The van der Waals surface area contributed by atoms with Gasteiger partial charge in [0.25, 0.3) is 5.91 Å². The van der Waals surface area contributed by atoms with Crippen molar-refractivity contribution in [3.63, 3.8) is 0 Å². The van der Waals surface area contributed by atoms with Gasteiger partial charge in [-0.1, -0.05) is 6.07 Å². The highest BCUT2D eigenvalue weighted by molar-refractivity contribution is 6.01. The van der Waals surface area contributed by atoms with Crippen molar-refractivity contribution < 1.29 is 4.79 Å². The highest BCUT2D eigenvalue weighted by Crippen LogP contribution is 2.20. The molecule has 1 amide bonds. The second-order valence-electron chi connectivity index (χ2n) is 6.98. The smallest absolute Gasteiger partial charge is 0.254 e. The molecule has 0 fully saturated rings. The number of anilines is 1. The molecule has 2 N–H and O–H groups in total. The first-order valence-corrected chi connectivity index (χ1v) is 9.52. The lowest BCUT2D eigenvalue weighted by molar-refractivity contribution is 0.0766. The largest absolute Gasteiger partial charge is 0.383 e. The molecule has 0 spiro atoms. The minimum atomic E-state index is -0.101. The SMILES string of the molecule is Cc1cc2cc(C(=O)N(CC3=NCCC=N3)Cc3ccccn3)ccc2nc1N. The minimum Gasteiger partial charge on any atom is -0.383 e. The van der Waals surface area contributed by atoms with E-state index < -0.39 is 0 Å². The number of aryl methyl sites for hydroxylation is 1. The number of hydrogen-bond acceptors (Lipinski definition) is 6. The topological polar surface area (TPSA) is 96.8 Å². The van der Waals surface area contributed by atoms with Crippen LogP contribution in [0.1, 0.15) is 28.0 Å². The lowest BCUT2D eigenvalue weighted by atomic mass is 10.1. The summed E-state index contributed by atoms with van der Waals surface area (Å²) in [6, 6.07) is 13.1. The van der Waals surface area contributed by atoms with Crippen LogP contribution in [-0.4, -0.2) is 45.9 Å². The molecule has 4 rings (SSSR count). The maximum Gasteiger partial charge on any atom is 0.254 e. The van der Waals surface area contributed by atoms with E-state index in [1.807, 2.05) is 49.5 Å². The van der Waals surface area contributed by atoms with Crippen LogP contribution >= 0.6 is 0 Å². The quantitative estimate of drug-likeness (QED) is 0.729. The number of amides is 1. The summed E-state index contributed by atoms with van der Waals surface area (Å²) in [5, 5.41) is 0.883. The second kappa shape index (κ2) is 8.18. The third-order valence-corrected chi connectivity index (χ3v) is 4.78. The average molecular weight is 386 g/mol.